The fourth-order valence-corrected chi connectivity index (χ4v) is 7.56. The molecule has 0 bridgehead atoms. The van der Waals surface area contributed by atoms with Crippen LogP contribution in [0.25, 0.3) is 11.3 Å². The van der Waals surface area contributed by atoms with E-state index in [1.54, 1.807) is 53.5 Å². The molecular formula is C29H27Cl2FN4O3S2. The Morgan fingerprint density at radius 3 is 2.39 bits per heavy atom. The zero-order valence-corrected chi connectivity index (χ0v) is 25.7. The smallest absolute Gasteiger partial charge is 0.243 e. The monoisotopic (exact) mass is 632 g/mol. The van der Waals surface area contributed by atoms with E-state index in [0.29, 0.717) is 51.7 Å². The van der Waals surface area contributed by atoms with E-state index in [9.17, 15) is 12.8 Å². The van der Waals surface area contributed by atoms with E-state index >= 15 is 0 Å². The average Bonchev–Trinajstić information content (AvgIpc) is 3.62. The van der Waals surface area contributed by atoms with E-state index < -0.39 is 15.8 Å². The molecule has 214 valence electrons. The van der Waals surface area contributed by atoms with Crippen LogP contribution in [0.3, 0.4) is 0 Å². The number of halogens is 3. The number of methoxy groups -OCH3 is 1. The van der Waals surface area contributed by atoms with Crippen molar-refractivity contribution in [2.24, 2.45) is 5.10 Å². The maximum Gasteiger partial charge on any atom is 0.243 e. The van der Waals surface area contributed by atoms with Crippen LogP contribution in [0.15, 0.2) is 76.0 Å². The molecule has 3 aromatic carbocycles. The number of sulfonamides is 1. The molecule has 0 radical (unpaired) electrons. The summed E-state index contributed by atoms with van der Waals surface area (Å²) in [5, 5.41) is 10.2. The van der Waals surface area contributed by atoms with Gasteiger partial charge in [0.15, 0.2) is 11.6 Å². The molecule has 0 saturated heterocycles. The standard InChI is InChI=1S/C29H27Cl2FN4O3S2/c1-4-35(5-2)41(37,38)21-10-6-18(7-11-21)26-17-40-29(33-26)36-27(22-12-9-20(30)15-23(22)31)16-25(34-36)19-8-13-28(39-3)24(32)14-19/h6-15,17,27H,4-5,16H2,1-3H3/t27-/m0/s1. The van der Waals surface area contributed by atoms with Crippen LogP contribution in [0.1, 0.15) is 37.4 Å². The number of hydrogen-bond acceptors (Lipinski definition) is 7. The largest absolute Gasteiger partial charge is 0.494 e. The Kier molecular flexibility index (Phi) is 8.68. The van der Waals surface area contributed by atoms with Gasteiger partial charge in [-0.1, -0.05) is 55.2 Å². The molecule has 0 unspecified atom stereocenters. The van der Waals surface area contributed by atoms with Crippen molar-refractivity contribution in [1.29, 1.82) is 0 Å². The third-order valence-corrected chi connectivity index (χ3v) is 10.4. The molecule has 5 rings (SSSR count). The molecular weight excluding hydrogens is 606 g/mol. The molecule has 2 heterocycles. The first-order valence-electron chi connectivity index (χ1n) is 12.9. The topological polar surface area (TPSA) is 75.1 Å². The first-order valence-corrected chi connectivity index (χ1v) is 16.0. The molecule has 41 heavy (non-hydrogen) atoms. The van der Waals surface area contributed by atoms with Gasteiger partial charge < -0.3 is 4.74 Å². The van der Waals surface area contributed by atoms with Crippen LogP contribution in [0.5, 0.6) is 5.75 Å². The highest BCUT2D eigenvalue weighted by molar-refractivity contribution is 7.89. The first kappa shape index (κ1) is 29.5. The van der Waals surface area contributed by atoms with Gasteiger partial charge >= 0.3 is 0 Å². The summed E-state index contributed by atoms with van der Waals surface area (Å²) < 4.78 is 46.8. The number of nitrogens with zero attached hydrogens (tertiary/aromatic N) is 4. The van der Waals surface area contributed by atoms with Gasteiger partial charge in [0.1, 0.15) is 0 Å². The van der Waals surface area contributed by atoms with Crippen LogP contribution >= 0.6 is 34.5 Å². The van der Waals surface area contributed by atoms with Gasteiger partial charge in [-0.2, -0.15) is 9.41 Å². The average molecular weight is 634 g/mol. The minimum absolute atomic E-state index is 0.155. The van der Waals surface area contributed by atoms with E-state index in [1.165, 1.54) is 28.8 Å². The van der Waals surface area contributed by atoms with Gasteiger partial charge in [-0.25, -0.2) is 22.8 Å². The van der Waals surface area contributed by atoms with Crippen LogP contribution < -0.4 is 9.75 Å². The normalized spacial score (nSPS) is 15.4. The summed E-state index contributed by atoms with van der Waals surface area (Å²) in [7, 11) is -2.14. The van der Waals surface area contributed by atoms with E-state index in [0.717, 1.165) is 11.1 Å². The molecule has 0 fully saturated rings. The van der Waals surface area contributed by atoms with Crippen molar-refractivity contribution in [2.75, 3.05) is 25.2 Å². The first-order chi connectivity index (χ1) is 19.7. The van der Waals surface area contributed by atoms with Crippen molar-refractivity contribution >= 4 is 55.4 Å². The third-order valence-electron chi connectivity index (χ3n) is 6.90. The summed E-state index contributed by atoms with van der Waals surface area (Å²) in [5.41, 5.74) is 3.56. The van der Waals surface area contributed by atoms with Gasteiger partial charge in [0.25, 0.3) is 0 Å². The number of ether oxygens (including phenoxy) is 1. The maximum atomic E-state index is 14.6. The van der Waals surface area contributed by atoms with Crippen LogP contribution in [0, 0.1) is 5.82 Å². The minimum Gasteiger partial charge on any atom is -0.494 e. The molecule has 0 aliphatic carbocycles. The molecule has 1 aliphatic rings. The number of rotatable bonds is 9. The van der Waals surface area contributed by atoms with Gasteiger partial charge in [0.2, 0.25) is 15.2 Å². The summed E-state index contributed by atoms with van der Waals surface area (Å²) in [6.07, 6.45) is 0.458. The molecule has 7 nitrogen and oxygen atoms in total. The Bertz CT molecular complexity index is 1710. The van der Waals surface area contributed by atoms with Crippen LogP contribution in [0.2, 0.25) is 10.0 Å². The number of benzene rings is 3. The number of anilines is 1. The lowest BCUT2D eigenvalue weighted by Crippen LogP contribution is -2.30. The van der Waals surface area contributed by atoms with E-state index in [4.69, 9.17) is 38.0 Å². The second-order valence-electron chi connectivity index (χ2n) is 9.26. The van der Waals surface area contributed by atoms with Crippen molar-refractivity contribution in [1.82, 2.24) is 9.29 Å². The van der Waals surface area contributed by atoms with Crippen molar-refractivity contribution in [2.45, 2.75) is 31.2 Å². The molecule has 1 aliphatic heterocycles. The van der Waals surface area contributed by atoms with Gasteiger partial charge in [-0.05, 0) is 48.0 Å². The highest BCUT2D eigenvalue weighted by Gasteiger charge is 2.33. The number of hydrogen-bond donors (Lipinski definition) is 0. The Labute approximate surface area is 252 Å². The molecule has 0 saturated carbocycles. The quantitative estimate of drug-likeness (QED) is 0.189. The highest BCUT2D eigenvalue weighted by atomic mass is 35.5. The summed E-state index contributed by atoms with van der Waals surface area (Å²) in [6, 6.07) is 16.5. The Balaban J connectivity index is 1.50. The summed E-state index contributed by atoms with van der Waals surface area (Å²) in [6.45, 7) is 4.43. The SMILES string of the molecule is CCN(CC)S(=O)(=O)c1ccc(-c2csc(N3N=C(c4ccc(OC)c(F)c4)C[C@H]3c3ccc(Cl)cc3Cl)n2)cc1. The lowest BCUT2D eigenvalue weighted by Gasteiger charge is -2.22. The number of aromatic nitrogens is 1. The minimum atomic E-state index is -3.56. The Hall–Kier alpha value is -3.02. The third kappa shape index (κ3) is 5.85. The van der Waals surface area contributed by atoms with Crippen LogP contribution in [-0.4, -0.2) is 43.6 Å². The Morgan fingerprint density at radius 2 is 1.76 bits per heavy atom. The fourth-order valence-electron chi connectivity index (χ4n) is 4.73. The van der Waals surface area contributed by atoms with Crippen molar-refractivity contribution in [3.05, 3.63) is 93.0 Å². The molecule has 1 aromatic heterocycles. The van der Waals surface area contributed by atoms with Crippen LogP contribution in [0.4, 0.5) is 9.52 Å². The van der Waals surface area contributed by atoms with Crippen molar-refractivity contribution in [3.63, 3.8) is 0 Å². The van der Waals surface area contributed by atoms with E-state index in [-0.39, 0.29) is 16.7 Å². The summed E-state index contributed by atoms with van der Waals surface area (Å²) in [4.78, 5) is 5.07. The lowest BCUT2D eigenvalue weighted by atomic mass is 9.98. The second-order valence-corrected chi connectivity index (χ2v) is 12.9. The van der Waals surface area contributed by atoms with Gasteiger partial charge in [-0.15, -0.1) is 11.3 Å². The Morgan fingerprint density at radius 1 is 1.05 bits per heavy atom. The van der Waals surface area contributed by atoms with Gasteiger partial charge in [-0.3, -0.25) is 0 Å². The summed E-state index contributed by atoms with van der Waals surface area (Å²) in [5.74, 6) is -0.322. The van der Waals surface area contributed by atoms with Gasteiger partial charge in [0.05, 0.1) is 29.5 Å². The summed E-state index contributed by atoms with van der Waals surface area (Å²) >= 11 is 14.2. The molecule has 0 spiro atoms. The van der Waals surface area contributed by atoms with Crippen LogP contribution in [-0.2, 0) is 10.0 Å². The molecule has 4 aromatic rings. The molecule has 0 N–H and O–H groups in total. The van der Waals surface area contributed by atoms with Crippen molar-refractivity contribution < 1.29 is 17.5 Å². The molecule has 1 atom stereocenters. The zero-order valence-electron chi connectivity index (χ0n) is 22.5. The highest BCUT2D eigenvalue weighted by Crippen LogP contribution is 2.42. The number of thiazole rings is 1. The fraction of sp³-hybridized carbons (Fsp3) is 0.241. The lowest BCUT2D eigenvalue weighted by molar-refractivity contribution is 0.386. The van der Waals surface area contributed by atoms with E-state index in [1.807, 2.05) is 25.3 Å². The molecule has 0 amide bonds. The number of hydrazone groups is 1. The van der Waals surface area contributed by atoms with Crippen molar-refractivity contribution in [3.8, 4) is 17.0 Å². The predicted octanol–water partition coefficient (Wildman–Crippen LogP) is 7.65. The second kappa shape index (κ2) is 12.1. The van der Waals surface area contributed by atoms with E-state index in [2.05, 4.69) is 0 Å². The van der Waals surface area contributed by atoms with Gasteiger partial charge in [0, 0.05) is 46.1 Å². The predicted molar refractivity (Wildman–Crippen MR) is 163 cm³/mol. The molecule has 12 heteroatoms. The zero-order chi connectivity index (χ0) is 29.3. The maximum absolute atomic E-state index is 14.6.